The zero-order valence-corrected chi connectivity index (χ0v) is 11.1. The van der Waals surface area contributed by atoms with E-state index >= 15 is 0 Å². The highest BCUT2D eigenvalue weighted by atomic mass is 16.5. The number of hydrogen-bond donors (Lipinski definition) is 1. The van der Waals surface area contributed by atoms with Gasteiger partial charge in [0.25, 0.3) is 0 Å². The van der Waals surface area contributed by atoms with Gasteiger partial charge in [0.1, 0.15) is 11.3 Å². The van der Waals surface area contributed by atoms with E-state index in [0.717, 1.165) is 6.07 Å². The Labute approximate surface area is 110 Å². The topological polar surface area (TPSA) is 76.7 Å². The predicted octanol–water partition coefficient (Wildman–Crippen LogP) is 2.70. The lowest BCUT2D eigenvalue weighted by atomic mass is 10.2. The summed E-state index contributed by atoms with van der Waals surface area (Å²) in [6.45, 7) is 5.87. The summed E-state index contributed by atoms with van der Waals surface area (Å²) in [7, 11) is 0. The molecular formula is C14H16O5. The molecule has 5 heteroatoms. The lowest BCUT2D eigenvalue weighted by Crippen LogP contribution is -2.09. The van der Waals surface area contributed by atoms with Crippen LogP contribution in [0.15, 0.2) is 33.5 Å². The van der Waals surface area contributed by atoms with E-state index in [1.807, 2.05) is 13.8 Å². The van der Waals surface area contributed by atoms with Crippen LogP contribution in [0.4, 0.5) is 0 Å². The van der Waals surface area contributed by atoms with Crippen molar-refractivity contribution in [3.63, 3.8) is 0 Å². The number of ether oxygens (including phenoxy) is 1. The minimum atomic E-state index is -0.681. The van der Waals surface area contributed by atoms with Gasteiger partial charge in [-0.05, 0) is 25.1 Å². The van der Waals surface area contributed by atoms with Crippen molar-refractivity contribution >= 4 is 16.9 Å². The van der Waals surface area contributed by atoms with Crippen LogP contribution in [0.1, 0.15) is 31.3 Å². The molecule has 1 heterocycles. The molecule has 19 heavy (non-hydrogen) atoms. The van der Waals surface area contributed by atoms with Gasteiger partial charge in [0, 0.05) is 6.07 Å². The van der Waals surface area contributed by atoms with E-state index in [1.54, 1.807) is 6.92 Å². The number of phenolic OH excluding ortho intramolecular Hbond substituents is 1. The number of fused-ring (bicyclic) bond motifs is 1. The maximum Gasteiger partial charge on any atom is 0.374 e. The third-order valence-corrected chi connectivity index (χ3v) is 2.19. The molecule has 0 fully saturated rings. The Morgan fingerprint density at radius 2 is 2.00 bits per heavy atom. The van der Waals surface area contributed by atoms with Gasteiger partial charge in [-0.25, -0.2) is 4.79 Å². The summed E-state index contributed by atoms with van der Waals surface area (Å²) in [6.07, 6.45) is 0. The number of esters is 1. The maximum absolute atomic E-state index is 11.7. The molecular weight excluding hydrogens is 248 g/mol. The Balaban J connectivity index is 0.000000861. The zero-order chi connectivity index (χ0) is 14.4. The van der Waals surface area contributed by atoms with Crippen molar-refractivity contribution in [2.45, 2.75) is 20.8 Å². The SMILES string of the molecule is CC.CCOC(=O)c1cc(=O)c2cc(O)ccc2o1. The van der Waals surface area contributed by atoms with Crippen molar-refractivity contribution in [1.82, 2.24) is 0 Å². The zero-order valence-electron chi connectivity index (χ0n) is 11.1. The van der Waals surface area contributed by atoms with Crippen molar-refractivity contribution in [3.8, 4) is 5.75 Å². The Hall–Kier alpha value is -2.30. The normalized spacial score (nSPS) is 9.63. The van der Waals surface area contributed by atoms with Crippen molar-refractivity contribution in [1.29, 1.82) is 0 Å². The van der Waals surface area contributed by atoms with Gasteiger partial charge in [-0.3, -0.25) is 4.79 Å². The Bertz CT molecular complexity index is 627. The molecule has 2 aromatic rings. The quantitative estimate of drug-likeness (QED) is 0.844. The van der Waals surface area contributed by atoms with E-state index in [2.05, 4.69) is 0 Å². The number of phenols is 1. The lowest BCUT2D eigenvalue weighted by Gasteiger charge is -2.02. The van der Waals surface area contributed by atoms with Crippen molar-refractivity contribution in [2.75, 3.05) is 6.61 Å². The minimum Gasteiger partial charge on any atom is -0.508 e. The molecule has 102 valence electrons. The van der Waals surface area contributed by atoms with Crippen molar-refractivity contribution in [2.24, 2.45) is 0 Å². The molecule has 0 aliphatic rings. The van der Waals surface area contributed by atoms with Gasteiger partial charge in [-0.1, -0.05) is 13.8 Å². The van der Waals surface area contributed by atoms with Crippen LogP contribution in [0.25, 0.3) is 11.0 Å². The predicted molar refractivity (Wildman–Crippen MR) is 71.5 cm³/mol. The van der Waals surface area contributed by atoms with Gasteiger partial charge < -0.3 is 14.3 Å². The highest BCUT2D eigenvalue weighted by molar-refractivity contribution is 5.89. The van der Waals surface area contributed by atoms with E-state index in [1.165, 1.54) is 18.2 Å². The first-order valence-corrected chi connectivity index (χ1v) is 6.06. The third kappa shape index (κ3) is 3.34. The highest BCUT2D eigenvalue weighted by Crippen LogP contribution is 2.18. The third-order valence-electron chi connectivity index (χ3n) is 2.19. The summed E-state index contributed by atoms with van der Waals surface area (Å²) in [6, 6.07) is 5.14. The van der Waals surface area contributed by atoms with Crippen LogP contribution in [0.2, 0.25) is 0 Å². The molecule has 0 atom stereocenters. The van der Waals surface area contributed by atoms with Gasteiger partial charge in [0.15, 0.2) is 5.43 Å². The van der Waals surface area contributed by atoms with Gasteiger partial charge >= 0.3 is 5.97 Å². The molecule has 1 aromatic heterocycles. The van der Waals surface area contributed by atoms with Gasteiger partial charge in [-0.2, -0.15) is 0 Å². The molecule has 0 bridgehead atoms. The largest absolute Gasteiger partial charge is 0.508 e. The number of carbonyl (C=O) groups is 1. The van der Waals surface area contributed by atoms with Crippen LogP contribution in [0.5, 0.6) is 5.75 Å². The summed E-state index contributed by atoms with van der Waals surface area (Å²) in [5, 5.41) is 9.47. The average molecular weight is 264 g/mol. The summed E-state index contributed by atoms with van der Waals surface area (Å²) in [4.78, 5) is 23.1. The van der Waals surface area contributed by atoms with Crippen LogP contribution >= 0.6 is 0 Å². The van der Waals surface area contributed by atoms with Crippen LogP contribution in [0.3, 0.4) is 0 Å². The van der Waals surface area contributed by atoms with Gasteiger partial charge in [0.2, 0.25) is 5.76 Å². The van der Waals surface area contributed by atoms with E-state index in [0.29, 0.717) is 0 Å². The summed E-state index contributed by atoms with van der Waals surface area (Å²) >= 11 is 0. The molecule has 0 saturated carbocycles. The smallest absolute Gasteiger partial charge is 0.374 e. The van der Waals surface area contributed by atoms with Crippen LogP contribution in [0, 0.1) is 0 Å². The summed E-state index contributed by atoms with van der Waals surface area (Å²) < 4.78 is 9.96. The Morgan fingerprint density at radius 3 is 2.63 bits per heavy atom. The fourth-order valence-electron chi connectivity index (χ4n) is 1.45. The molecule has 1 aromatic carbocycles. The molecule has 0 aliphatic heterocycles. The van der Waals surface area contributed by atoms with Gasteiger partial charge in [0.05, 0.1) is 12.0 Å². The first-order chi connectivity index (χ1) is 9.11. The molecule has 1 N–H and O–H groups in total. The molecule has 5 nitrogen and oxygen atoms in total. The molecule has 2 rings (SSSR count). The second-order valence-electron chi connectivity index (χ2n) is 3.38. The summed E-state index contributed by atoms with van der Waals surface area (Å²) in [5.74, 6) is -0.858. The first-order valence-electron chi connectivity index (χ1n) is 6.06. The number of hydrogen-bond acceptors (Lipinski definition) is 5. The Kier molecular flexibility index (Phi) is 5.11. The molecule has 0 saturated heterocycles. The monoisotopic (exact) mass is 264 g/mol. The fraction of sp³-hybridized carbons (Fsp3) is 0.286. The molecule has 0 radical (unpaired) electrons. The second kappa shape index (κ2) is 6.58. The van der Waals surface area contributed by atoms with Crippen LogP contribution in [-0.2, 0) is 4.74 Å². The number of carbonyl (C=O) groups excluding carboxylic acids is 1. The average Bonchev–Trinajstić information content (AvgIpc) is 2.42. The second-order valence-corrected chi connectivity index (χ2v) is 3.38. The van der Waals surface area contributed by atoms with E-state index < -0.39 is 11.4 Å². The first kappa shape index (κ1) is 14.8. The van der Waals surface area contributed by atoms with E-state index in [9.17, 15) is 14.7 Å². The summed E-state index contributed by atoms with van der Waals surface area (Å²) in [5.41, 5.74) is -0.163. The van der Waals surface area contributed by atoms with Gasteiger partial charge in [-0.15, -0.1) is 0 Å². The van der Waals surface area contributed by atoms with E-state index in [-0.39, 0.29) is 29.1 Å². The van der Waals surface area contributed by atoms with Crippen molar-refractivity contribution in [3.05, 3.63) is 40.2 Å². The number of benzene rings is 1. The van der Waals surface area contributed by atoms with Crippen LogP contribution in [-0.4, -0.2) is 17.7 Å². The molecule has 0 aliphatic carbocycles. The van der Waals surface area contributed by atoms with Crippen molar-refractivity contribution < 1.29 is 19.1 Å². The standard InChI is InChI=1S/C12H10O5.C2H6/c1-2-16-12(15)11-6-9(14)8-5-7(13)3-4-10(8)17-11;1-2/h3-6,13H,2H2,1H3;1-2H3. The fourth-order valence-corrected chi connectivity index (χ4v) is 1.45. The molecule has 0 amide bonds. The molecule has 0 unspecified atom stereocenters. The highest BCUT2D eigenvalue weighted by Gasteiger charge is 2.13. The van der Waals surface area contributed by atoms with E-state index in [4.69, 9.17) is 9.15 Å². The van der Waals surface area contributed by atoms with Crippen LogP contribution < -0.4 is 5.43 Å². The number of aromatic hydroxyl groups is 1. The number of rotatable bonds is 2. The maximum atomic E-state index is 11.7. The molecule has 0 spiro atoms. The Morgan fingerprint density at radius 1 is 1.32 bits per heavy atom. The lowest BCUT2D eigenvalue weighted by molar-refractivity contribution is 0.0490. The minimum absolute atomic E-state index is 0.0336.